The van der Waals surface area contributed by atoms with Gasteiger partial charge in [0, 0.05) is 24.3 Å². The normalized spacial score (nSPS) is 13.1. The number of aromatic amines is 1. The minimum absolute atomic E-state index is 0.00128. The maximum Gasteiger partial charge on any atom is 0.490 e. The van der Waals surface area contributed by atoms with Crippen LogP contribution in [-0.2, 0) is 11.3 Å². The van der Waals surface area contributed by atoms with E-state index in [0.29, 0.717) is 17.6 Å². The Balaban J connectivity index is 0.000000384. The summed E-state index contributed by atoms with van der Waals surface area (Å²) in [6.07, 6.45) is 0.658. The number of alkyl halides is 3. The van der Waals surface area contributed by atoms with Gasteiger partial charge in [-0.15, -0.1) is 11.3 Å². The molecule has 0 bridgehead atoms. The number of hydrogen-bond donors (Lipinski definition) is 2. The summed E-state index contributed by atoms with van der Waals surface area (Å²) >= 11 is 1.45. The molecule has 0 aliphatic heterocycles. The SMILES string of the molecule is COc1cccc(CN(C(=O)c2nc3ccc(-c4cn[nH]c4)cc3s2)C2CC2)c1.O=C(O)C(F)(F)F. The summed E-state index contributed by atoms with van der Waals surface area (Å²) in [6, 6.07) is 14.2. The highest BCUT2D eigenvalue weighted by molar-refractivity contribution is 7.20. The molecular formula is C24H21F3N4O4S. The van der Waals surface area contributed by atoms with Crippen molar-refractivity contribution in [3.8, 4) is 16.9 Å². The van der Waals surface area contributed by atoms with Crippen molar-refractivity contribution in [1.82, 2.24) is 20.1 Å². The number of thiazole rings is 1. The second-order valence-corrected chi connectivity index (χ2v) is 9.04. The van der Waals surface area contributed by atoms with Gasteiger partial charge in [-0.25, -0.2) is 9.78 Å². The number of amides is 1. The molecule has 2 heterocycles. The highest BCUT2D eigenvalue weighted by Crippen LogP contribution is 2.33. The molecule has 5 rings (SSSR count). The molecule has 2 aromatic carbocycles. The third kappa shape index (κ3) is 6.00. The van der Waals surface area contributed by atoms with Crippen LogP contribution in [0.4, 0.5) is 13.2 Å². The number of carboxylic acid groups (broad SMARTS) is 1. The number of benzene rings is 2. The predicted octanol–water partition coefficient (Wildman–Crippen LogP) is 5.13. The van der Waals surface area contributed by atoms with E-state index in [-0.39, 0.29) is 5.91 Å². The summed E-state index contributed by atoms with van der Waals surface area (Å²) in [5.74, 6) is -1.95. The van der Waals surface area contributed by atoms with Gasteiger partial charge in [0.2, 0.25) is 0 Å². The lowest BCUT2D eigenvalue weighted by atomic mass is 10.1. The van der Waals surface area contributed by atoms with Gasteiger partial charge in [0.15, 0.2) is 5.01 Å². The number of nitrogens with one attached hydrogen (secondary N) is 1. The predicted molar refractivity (Wildman–Crippen MR) is 127 cm³/mol. The smallest absolute Gasteiger partial charge is 0.490 e. The van der Waals surface area contributed by atoms with Crippen LogP contribution < -0.4 is 4.74 Å². The van der Waals surface area contributed by atoms with Crippen LogP contribution in [0, 0.1) is 0 Å². The molecule has 0 unspecified atom stereocenters. The van der Waals surface area contributed by atoms with Crippen molar-refractivity contribution in [1.29, 1.82) is 0 Å². The molecule has 8 nitrogen and oxygen atoms in total. The van der Waals surface area contributed by atoms with E-state index in [4.69, 9.17) is 14.6 Å². The fraction of sp³-hybridized carbons (Fsp3) is 0.250. The Morgan fingerprint density at radius 1 is 1.19 bits per heavy atom. The Hall–Kier alpha value is -3.93. The lowest BCUT2D eigenvalue weighted by molar-refractivity contribution is -0.192. The molecule has 1 aliphatic rings. The molecular weight excluding hydrogens is 497 g/mol. The van der Waals surface area contributed by atoms with Gasteiger partial charge in [-0.05, 0) is 48.2 Å². The van der Waals surface area contributed by atoms with E-state index in [1.54, 1.807) is 13.3 Å². The van der Waals surface area contributed by atoms with Crippen LogP contribution >= 0.6 is 11.3 Å². The molecule has 1 fully saturated rings. The second-order valence-electron chi connectivity index (χ2n) is 8.01. The van der Waals surface area contributed by atoms with Crippen LogP contribution in [-0.4, -0.2) is 56.4 Å². The van der Waals surface area contributed by atoms with Crippen LogP contribution in [0.25, 0.3) is 21.3 Å². The van der Waals surface area contributed by atoms with Gasteiger partial charge in [-0.1, -0.05) is 18.2 Å². The van der Waals surface area contributed by atoms with Gasteiger partial charge in [-0.2, -0.15) is 18.3 Å². The Morgan fingerprint density at radius 2 is 1.94 bits per heavy atom. The summed E-state index contributed by atoms with van der Waals surface area (Å²) in [6.45, 7) is 0.566. The second kappa shape index (κ2) is 10.4. The molecule has 2 N–H and O–H groups in total. The fourth-order valence-electron chi connectivity index (χ4n) is 3.45. The minimum atomic E-state index is -5.08. The summed E-state index contributed by atoms with van der Waals surface area (Å²) in [5.41, 5.74) is 3.99. The van der Waals surface area contributed by atoms with E-state index in [2.05, 4.69) is 21.2 Å². The molecule has 36 heavy (non-hydrogen) atoms. The first-order chi connectivity index (χ1) is 17.2. The Morgan fingerprint density at radius 3 is 2.56 bits per heavy atom. The Bertz CT molecular complexity index is 1370. The number of carbonyl (C=O) groups excluding carboxylic acids is 1. The average molecular weight is 519 g/mol. The van der Waals surface area contributed by atoms with Crippen molar-refractivity contribution < 1.29 is 32.6 Å². The lowest BCUT2D eigenvalue weighted by Crippen LogP contribution is -2.32. The van der Waals surface area contributed by atoms with Crippen molar-refractivity contribution in [2.45, 2.75) is 31.6 Å². The summed E-state index contributed by atoms with van der Waals surface area (Å²) < 4.78 is 38.1. The first-order valence-electron chi connectivity index (χ1n) is 10.8. The summed E-state index contributed by atoms with van der Waals surface area (Å²) in [4.78, 5) is 28.8. The van der Waals surface area contributed by atoms with Crippen LogP contribution in [0.2, 0.25) is 0 Å². The van der Waals surface area contributed by atoms with Crippen molar-refractivity contribution in [2.24, 2.45) is 0 Å². The van der Waals surface area contributed by atoms with Crippen LogP contribution in [0.1, 0.15) is 28.2 Å². The molecule has 1 amide bonds. The van der Waals surface area contributed by atoms with Gasteiger partial charge < -0.3 is 14.7 Å². The Labute approximate surface area is 207 Å². The minimum Gasteiger partial charge on any atom is -0.497 e. The first kappa shape index (κ1) is 25.2. The average Bonchev–Trinajstić information content (AvgIpc) is 3.36. The van der Waals surface area contributed by atoms with E-state index in [1.807, 2.05) is 47.5 Å². The molecule has 0 atom stereocenters. The maximum absolute atomic E-state index is 13.3. The van der Waals surface area contributed by atoms with Gasteiger partial charge >= 0.3 is 12.1 Å². The number of ether oxygens (including phenoxy) is 1. The van der Waals surface area contributed by atoms with E-state index < -0.39 is 12.1 Å². The highest BCUT2D eigenvalue weighted by Gasteiger charge is 2.38. The molecule has 1 aliphatic carbocycles. The van der Waals surface area contributed by atoms with Crippen molar-refractivity contribution in [2.75, 3.05) is 7.11 Å². The number of nitrogens with zero attached hydrogens (tertiary/aromatic N) is 3. The number of rotatable bonds is 6. The molecule has 12 heteroatoms. The molecule has 188 valence electrons. The quantitative estimate of drug-likeness (QED) is 0.366. The molecule has 1 saturated carbocycles. The number of halogens is 3. The lowest BCUT2D eigenvalue weighted by Gasteiger charge is -2.21. The van der Waals surface area contributed by atoms with E-state index in [9.17, 15) is 18.0 Å². The number of hydrogen-bond acceptors (Lipinski definition) is 6. The van der Waals surface area contributed by atoms with Gasteiger partial charge in [0.25, 0.3) is 5.91 Å². The molecule has 4 aromatic rings. The van der Waals surface area contributed by atoms with E-state index in [1.165, 1.54) is 11.3 Å². The van der Waals surface area contributed by atoms with Crippen LogP contribution in [0.5, 0.6) is 5.75 Å². The number of aliphatic carboxylic acids is 1. The number of H-pyrrole nitrogens is 1. The van der Waals surface area contributed by atoms with Crippen LogP contribution in [0.3, 0.4) is 0 Å². The van der Waals surface area contributed by atoms with Crippen molar-refractivity contribution >= 4 is 33.4 Å². The third-order valence-corrected chi connectivity index (χ3v) is 6.39. The van der Waals surface area contributed by atoms with Gasteiger partial charge in [0.1, 0.15) is 5.75 Å². The zero-order chi connectivity index (χ0) is 25.9. The topological polar surface area (TPSA) is 108 Å². The largest absolute Gasteiger partial charge is 0.497 e. The number of methoxy groups -OCH3 is 1. The fourth-order valence-corrected chi connectivity index (χ4v) is 4.41. The summed E-state index contributed by atoms with van der Waals surface area (Å²) in [5, 5.41) is 14.5. The highest BCUT2D eigenvalue weighted by atomic mass is 32.1. The number of carboxylic acids is 1. The monoisotopic (exact) mass is 518 g/mol. The standard InChI is InChI=1S/C22H20N4O2S.C2HF3O2/c1-28-18-4-2-3-14(9-18)13-26(17-6-7-17)22(27)21-25-19-8-5-15(10-20(19)29-21)16-11-23-24-12-16;3-2(4,5)1(6)7/h2-5,8-12,17H,6-7,13H2,1H3,(H,23,24);(H,6,7). The van der Waals surface area contributed by atoms with Gasteiger partial charge in [0.05, 0.1) is 23.5 Å². The third-order valence-electron chi connectivity index (χ3n) is 5.38. The number of carbonyl (C=O) groups is 2. The molecule has 0 spiro atoms. The molecule has 2 aromatic heterocycles. The summed E-state index contributed by atoms with van der Waals surface area (Å²) in [7, 11) is 1.65. The Kier molecular flexibility index (Phi) is 7.25. The number of fused-ring (bicyclic) bond motifs is 1. The van der Waals surface area contributed by atoms with Gasteiger partial charge in [-0.3, -0.25) is 9.89 Å². The number of aromatic nitrogens is 3. The van der Waals surface area contributed by atoms with Crippen LogP contribution in [0.15, 0.2) is 54.9 Å². The molecule has 0 radical (unpaired) electrons. The van der Waals surface area contributed by atoms with Crippen molar-refractivity contribution in [3.05, 3.63) is 65.4 Å². The zero-order valence-corrected chi connectivity index (χ0v) is 19.8. The molecule has 0 saturated heterocycles. The van der Waals surface area contributed by atoms with Crippen molar-refractivity contribution in [3.63, 3.8) is 0 Å². The first-order valence-corrected chi connectivity index (χ1v) is 11.6. The zero-order valence-electron chi connectivity index (χ0n) is 19.0. The maximum atomic E-state index is 13.3. The van der Waals surface area contributed by atoms with E-state index in [0.717, 1.165) is 45.5 Å². The van der Waals surface area contributed by atoms with E-state index >= 15 is 0 Å².